The molecular weight excluding hydrogens is 378 g/mol. The van der Waals surface area contributed by atoms with Gasteiger partial charge in [-0.3, -0.25) is 0 Å². The zero-order valence-corrected chi connectivity index (χ0v) is 16.0. The number of hydrazone groups is 1. The lowest BCUT2D eigenvalue weighted by molar-refractivity contribution is 0.374. The van der Waals surface area contributed by atoms with Gasteiger partial charge in [-0.25, -0.2) is 5.01 Å². The summed E-state index contributed by atoms with van der Waals surface area (Å²) in [6, 6.07) is 12.3. The highest BCUT2D eigenvalue weighted by Gasteiger charge is 2.33. The Hall–Kier alpha value is -2.91. The monoisotopic (exact) mass is 393 g/mol. The molecule has 0 saturated carbocycles. The van der Waals surface area contributed by atoms with Crippen LogP contribution in [0.15, 0.2) is 46.9 Å². The SMILES string of the molecule is Cc1ccc2c(c1)cc(C1CC(c3cccs3)=NN1C(N)=S)c1nnnn12. The van der Waals surface area contributed by atoms with E-state index in [0.29, 0.717) is 12.1 Å². The lowest BCUT2D eigenvalue weighted by Crippen LogP contribution is -2.32. The number of aromatic nitrogens is 4. The summed E-state index contributed by atoms with van der Waals surface area (Å²) in [4.78, 5) is 1.12. The van der Waals surface area contributed by atoms with Crippen molar-refractivity contribution in [2.24, 2.45) is 10.8 Å². The van der Waals surface area contributed by atoms with Crippen molar-refractivity contribution < 1.29 is 0 Å². The van der Waals surface area contributed by atoms with E-state index >= 15 is 0 Å². The Balaban J connectivity index is 1.70. The number of hydrogen-bond acceptors (Lipinski definition) is 6. The lowest BCUT2D eigenvalue weighted by atomic mass is 10.00. The number of nitrogens with two attached hydrogens (primary N) is 1. The van der Waals surface area contributed by atoms with Crippen LogP contribution in [0.2, 0.25) is 0 Å². The summed E-state index contributed by atoms with van der Waals surface area (Å²) in [5.74, 6) is 0. The normalized spacial score (nSPS) is 17.0. The third-order valence-electron chi connectivity index (χ3n) is 4.75. The minimum absolute atomic E-state index is 0.141. The second-order valence-electron chi connectivity index (χ2n) is 6.50. The Morgan fingerprint density at radius 1 is 1.30 bits per heavy atom. The van der Waals surface area contributed by atoms with E-state index in [0.717, 1.165) is 27.1 Å². The van der Waals surface area contributed by atoms with Crippen LogP contribution in [-0.2, 0) is 0 Å². The van der Waals surface area contributed by atoms with Crippen LogP contribution in [0.3, 0.4) is 0 Å². The van der Waals surface area contributed by atoms with Crippen molar-refractivity contribution in [1.82, 2.24) is 25.0 Å². The van der Waals surface area contributed by atoms with Crippen molar-refractivity contribution in [2.75, 3.05) is 0 Å². The number of nitrogens with zero attached hydrogens (tertiary/aromatic N) is 6. The third-order valence-corrected chi connectivity index (χ3v) is 5.86. The van der Waals surface area contributed by atoms with Crippen LogP contribution in [0.4, 0.5) is 0 Å². The standard InChI is InChI=1S/C18H15N7S2/c1-10-4-5-14-11(7-10)8-12(17-20-22-23-24(14)17)15-9-13(16-3-2-6-27-16)21-25(15)18(19)26/h2-8,15H,9H2,1H3,(H2,19,26). The Kier molecular flexibility index (Phi) is 3.66. The summed E-state index contributed by atoms with van der Waals surface area (Å²) >= 11 is 6.93. The van der Waals surface area contributed by atoms with E-state index in [1.165, 1.54) is 5.56 Å². The van der Waals surface area contributed by atoms with E-state index in [-0.39, 0.29) is 11.2 Å². The molecule has 1 aliphatic rings. The number of fused-ring (bicyclic) bond motifs is 3. The first-order valence-corrected chi connectivity index (χ1v) is 9.72. The number of thiophene rings is 1. The van der Waals surface area contributed by atoms with Crippen molar-refractivity contribution in [2.45, 2.75) is 19.4 Å². The number of rotatable bonds is 2. The first-order valence-electron chi connectivity index (χ1n) is 8.43. The molecule has 1 aliphatic heterocycles. The summed E-state index contributed by atoms with van der Waals surface area (Å²) in [5.41, 5.74) is 10.8. The van der Waals surface area contributed by atoms with E-state index in [1.54, 1.807) is 20.9 Å². The fourth-order valence-electron chi connectivity index (χ4n) is 3.54. The topological polar surface area (TPSA) is 84.7 Å². The van der Waals surface area contributed by atoms with Crippen LogP contribution >= 0.6 is 23.6 Å². The van der Waals surface area contributed by atoms with E-state index in [2.05, 4.69) is 46.7 Å². The van der Waals surface area contributed by atoms with Gasteiger partial charge in [0.25, 0.3) is 0 Å². The van der Waals surface area contributed by atoms with Gasteiger partial charge in [0.05, 0.1) is 22.1 Å². The molecule has 0 spiro atoms. The Morgan fingerprint density at radius 3 is 2.96 bits per heavy atom. The second-order valence-corrected chi connectivity index (χ2v) is 7.87. The molecule has 0 bridgehead atoms. The zero-order chi connectivity index (χ0) is 18.5. The lowest BCUT2D eigenvalue weighted by Gasteiger charge is -2.22. The molecule has 0 aliphatic carbocycles. The largest absolute Gasteiger partial charge is 0.375 e. The van der Waals surface area contributed by atoms with Crippen LogP contribution in [0.5, 0.6) is 0 Å². The van der Waals surface area contributed by atoms with Crippen LogP contribution in [0.25, 0.3) is 16.6 Å². The molecule has 0 saturated heterocycles. The Labute approximate surface area is 164 Å². The summed E-state index contributed by atoms with van der Waals surface area (Å²) in [5, 5.41) is 22.1. The van der Waals surface area contributed by atoms with Gasteiger partial charge in [0.2, 0.25) is 0 Å². The molecule has 1 aromatic carbocycles. The second kappa shape index (κ2) is 6.07. The summed E-state index contributed by atoms with van der Waals surface area (Å²) in [6.07, 6.45) is 0.692. The van der Waals surface area contributed by atoms with Gasteiger partial charge in [-0.1, -0.05) is 17.7 Å². The van der Waals surface area contributed by atoms with Gasteiger partial charge in [0, 0.05) is 17.4 Å². The van der Waals surface area contributed by atoms with Crippen LogP contribution < -0.4 is 5.73 Å². The summed E-state index contributed by atoms with van der Waals surface area (Å²) in [6.45, 7) is 2.07. The van der Waals surface area contributed by atoms with Crippen LogP contribution in [0.1, 0.15) is 28.5 Å². The number of hydrogen-bond donors (Lipinski definition) is 1. The van der Waals surface area contributed by atoms with Gasteiger partial charge >= 0.3 is 0 Å². The average molecular weight is 394 g/mol. The van der Waals surface area contributed by atoms with Crippen molar-refractivity contribution in [3.05, 3.63) is 57.8 Å². The van der Waals surface area contributed by atoms with Crippen LogP contribution in [-0.4, -0.2) is 35.9 Å². The first kappa shape index (κ1) is 16.3. The molecule has 5 rings (SSSR count). The number of thiocarbonyl (C=S) groups is 1. The fourth-order valence-corrected chi connectivity index (χ4v) is 4.43. The van der Waals surface area contributed by atoms with E-state index in [1.807, 2.05) is 17.5 Å². The molecule has 3 aromatic heterocycles. The summed E-state index contributed by atoms with van der Waals surface area (Å²) < 4.78 is 1.77. The van der Waals surface area contributed by atoms with Gasteiger partial charge in [-0.05, 0) is 59.2 Å². The van der Waals surface area contributed by atoms with Crippen molar-refractivity contribution >= 4 is 50.9 Å². The molecule has 4 aromatic rings. The number of tetrazole rings is 1. The fraction of sp³-hybridized carbons (Fsp3) is 0.167. The predicted octanol–water partition coefficient (Wildman–Crippen LogP) is 3.04. The van der Waals surface area contributed by atoms with E-state index in [4.69, 9.17) is 23.1 Å². The molecule has 4 heterocycles. The smallest absolute Gasteiger partial charge is 0.187 e. The molecule has 7 nitrogen and oxygen atoms in total. The molecule has 27 heavy (non-hydrogen) atoms. The maximum absolute atomic E-state index is 5.99. The maximum atomic E-state index is 5.99. The van der Waals surface area contributed by atoms with Crippen molar-refractivity contribution in [3.63, 3.8) is 0 Å². The zero-order valence-electron chi connectivity index (χ0n) is 14.4. The number of aryl methyl sites for hydroxylation is 1. The molecule has 9 heteroatoms. The van der Waals surface area contributed by atoms with E-state index in [9.17, 15) is 0 Å². The minimum Gasteiger partial charge on any atom is -0.375 e. The first-order chi connectivity index (χ1) is 13.1. The highest BCUT2D eigenvalue weighted by molar-refractivity contribution is 7.80. The minimum atomic E-state index is -0.141. The molecule has 0 amide bonds. The molecule has 134 valence electrons. The average Bonchev–Trinajstić information content (AvgIpc) is 3.38. The van der Waals surface area contributed by atoms with E-state index < -0.39 is 0 Å². The van der Waals surface area contributed by atoms with Gasteiger partial charge < -0.3 is 5.73 Å². The molecule has 0 radical (unpaired) electrons. The Bertz CT molecular complexity index is 1210. The van der Waals surface area contributed by atoms with Crippen molar-refractivity contribution in [3.8, 4) is 0 Å². The molecule has 0 fully saturated rings. The molecular formula is C18H15N7S2. The third kappa shape index (κ3) is 2.58. The van der Waals surface area contributed by atoms with Crippen molar-refractivity contribution in [1.29, 1.82) is 0 Å². The maximum Gasteiger partial charge on any atom is 0.187 e. The quantitative estimate of drug-likeness (QED) is 0.527. The number of pyridine rings is 1. The van der Waals surface area contributed by atoms with Gasteiger partial charge in [0.1, 0.15) is 0 Å². The van der Waals surface area contributed by atoms with Gasteiger partial charge in [-0.15, -0.1) is 16.4 Å². The Morgan fingerprint density at radius 2 is 2.19 bits per heavy atom. The highest BCUT2D eigenvalue weighted by atomic mass is 32.1. The van der Waals surface area contributed by atoms with Gasteiger partial charge in [-0.2, -0.15) is 9.62 Å². The van der Waals surface area contributed by atoms with Crippen LogP contribution in [0, 0.1) is 6.92 Å². The van der Waals surface area contributed by atoms with Gasteiger partial charge in [0.15, 0.2) is 10.8 Å². The highest BCUT2D eigenvalue weighted by Crippen LogP contribution is 2.36. The molecule has 1 unspecified atom stereocenters. The molecule has 1 atom stereocenters. The number of benzene rings is 1. The predicted molar refractivity (Wildman–Crippen MR) is 110 cm³/mol. The molecule has 2 N–H and O–H groups in total. The summed E-state index contributed by atoms with van der Waals surface area (Å²) in [7, 11) is 0.